The van der Waals surface area contributed by atoms with Crippen LogP contribution in [0.2, 0.25) is 0 Å². The van der Waals surface area contributed by atoms with Gasteiger partial charge in [-0.2, -0.15) is 18.4 Å². The highest BCUT2D eigenvalue weighted by Gasteiger charge is 2.48. The number of carbonyl (C=O) groups is 4. The summed E-state index contributed by atoms with van der Waals surface area (Å²) in [5.41, 5.74) is -1.06. The molecule has 196 valence electrons. The number of nitriles is 1. The van der Waals surface area contributed by atoms with E-state index in [0.29, 0.717) is 19.4 Å². The van der Waals surface area contributed by atoms with E-state index in [2.05, 4.69) is 10.6 Å². The molecule has 35 heavy (non-hydrogen) atoms. The molecule has 0 saturated carbocycles. The van der Waals surface area contributed by atoms with Crippen LogP contribution in [0.3, 0.4) is 0 Å². The van der Waals surface area contributed by atoms with Crippen LogP contribution < -0.4 is 16.0 Å². The second-order valence-corrected chi connectivity index (χ2v) is 10.4. The average Bonchev–Trinajstić information content (AvgIpc) is 3.35. The van der Waals surface area contributed by atoms with Crippen molar-refractivity contribution in [3.8, 4) is 6.07 Å². The molecular weight excluding hydrogens is 467 g/mol. The molecule has 0 bridgehead atoms. The lowest BCUT2D eigenvalue weighted by Gasteiger charge is -2.35. The lowest BCUT2D eigenvalue weighted by atomic mass is 9.85. The lowest BCUT2D eigenvalue weighted by molar-refractivity contribution is -0.176. The zero-order chi connectivity index (χ0) is 26.6. The van der Waals surface area contributed by atoms with Gasteiger partial charge in [0.2, 0.25) is 17.7 Å². The molecule has 0 aliphatic carbocycles. The summed E-state index contributed by atoms with van der Waals surface area (Å²) < 4.78 is 38.8. The van der Waals surface area contributed by atoms with Crippen molar-refractivity contribution in [1.82, 2.24) is 20.9 Å². The Labute approximate surface area is 203 Å². The largest absolute Gasteiger partial charge is 0.471 e. The molecule has 0 aromatic rings. The maximum absolute atomic E-state index is 13.4. The molecule has 2 rings (SSSR count). The number of likely N-dealkylation sites (tertiary alicyclic amines) is 1. The summed E-state index contributed by atoms with van der Waals surface area (Å²) >= 11 is 0. The van der Waals surface area contributed by atoms with E-state index in [4.69, 9.17) is 0 Å². The maximum Gasteiger partial charge on any atom is 0.471 e. The Kier molecular flexibility index (Phi) is 9.14. The van der Waals surface area contributed by atoms with Crippen LogP contribution in [0, 0.1) is 28.6 Å². The highest BCUT2D eigenvalue weighted by molar-refractivity contribution is 5.94. The van der Waals surface area contributed by atoms with Crippen molar-refractivity contribution in [3.05, 3.63) is 0 Å². The molecule has 0 spiro atoms. The molecule has 0 aromatic heterocycles. The van der Waals surface area contributed by atoms with Crippen molar-refractivity contribution in [2.45, 2.75) is 84.1 Å². The second-order valence-electron chi connectivity index (χ2n) is 10.4. The molecule has 9 nitrogen and oxygen atoms in total. The summed E-state index contributed by atoms with van der Waals surface area (Å²) in [6, 6.07) is -1.49. The second kappa shape index (κ2) is 11.3. The van der Waals surface area contributed by atoms with E-state index in [0.717, 1.165) is 6.42 Å². The van der Waals surface area contributed by atoms with Crippen LogP contribution in [0.1, 0.15) is 59.8 Å². The number of hydrogen-bond donors (Lipinski definition) is 3. The molecular formula is C23H34F3N5O4. The smallest absolute Gasteiger partial charge is 0.356 e. The summed E-state index contributed by atoms with van der Waals surface area (Å²) in [4.78, 5) is 51.3. The molecule has 0 radical (unpaired) electrons. The first-order valence-corrected chi connectivity index (χ1v) is 11.8. The Morgan fingerprint density at radius 3 is 2.37 bits per heavy atom. The first-order valence-electron chi connectivity index (χ1n) is 11.8. The molecule has 2 fully saturated rings. The lowest BCUT2D eigenvalue weighted by Crippen LogP contribution is -2.59. The predicted octanol–water partition coefficient (Wildman–Crippen LogP) is 1.63. The van der Waals surface area contributed by atoms with Gasteiger partial charge in [-0.1, -0.05) is 34.1 Å². The van der Waals surface area contributed by atoms with Crippen molar-refractivity contribution in [2.75, 3.05) is 13.1 Å². The number of rotatable bonds is 8. The quantitative estimate of drug-likeness (QED) is 0.465. The fourth-order valence-electron chi connectivity index (χ4n) is 4.63. The Bertz CT molecular complexity index is 865. The minimum Gasteiger partial charge on any atom is -0.356 e. The number of nitrogens with one attached hydrogen (secondary N) is 3. The molecule has 12 heteroatoms. The Morgan fingerprint density at radius 1 is 1.23 bits per heavy atom. The molecule has 0 unspecified atom stereocenters. The monoisotopic (exact) mass is 501 g/mol. The number of halogens is 3. The van der Waals surface area contributed by atoms with Gasteiger partial charge in [-0.15, -0.1) is 0 Å². The molecule has 3 N–H and O–H groups in total. The molecule has 2 aliphatic heterocycles. The summed E-state index contributed by atoms with van der Waals surface area (Å²) in [6.07, 6.45) is -2.72. The number of amides is 4. The van der Waals surface area contributed by atoms with Gasteiger partial charge in [0, 0.05) is 19.0 Å². The van der Waals surface area contributed by atoms with Gasteiger partial charge in [0.05, 0.1) is 6.07 Å². The van der Waals surface area contributed by atoms with Crippen LogP contribution in [0.5, 0.6) is 0 Å². The number of nitrogens with zero attached hydrogens (tertiary/aromatic N) is 2. The Balaban J connectivity index is 2.23. The third kappa shape index (κ3) is 7.32. The molecule has 5 atom stereocenters. The van der Waals surface area contributed by atoms with Gasteiger partial charge in [-0.25, -0.2) is 0 Å². The number of hydrogen-bond acceptors (Lipinski definition) is 5. The average molecular weight is 502 g/mol. The third-order valence-corrected chi connectivity index (χ3v) is 6.47. The Hall–Kier alpha value is -2.84. The van der Waals surface area contributed by atoms with Gasteiger partial charge in [0.15, 0.2) is 0 Å². The first kappa shape index (κ1) is 28.4. The van der Waals surface area contributed by atoms with Crippen LogP contribution in [0.25, 0.3) is 0 Å². The maximum atomic E-state index is 13.4. The normalized spacial score (nSPS) is 24.3. The number of alkyl halides is 3. The van der Waals surface area contributed by atoms with Gasteiger partial charge in [0.25, 0.3) is 0 Å². The van der Waals surface area contributed by atoms with E-state index in [9.17, 15) is 37.6 Å². The van der Waals surface area contributed by atoms with Crippen LogP contribution >= 0.6 is 0 Å². The minimum atomic E-state index is -5.16. The SMILES string of the molecule is CCC[C@H]1C[C@@H](C(=O)N[C@H](C#N)C[C@@H]2CCNC2=O)N(C(=O)[C@@H](NC(=O)C(F)(F)F)C(C)(C)C)C1. The summed E-state index contributed by atoms with van der Waals surface area (Å²) in [6.45, 7) is 7.18. The van der Waals surface area contributed by atoms with Gasteiger partial charge >= 0.3 is 12.1 Å². The first-order chi connectivity index (χ1) is 16.2. The van der Waals surface area contributed by atoms with E-state index < -0.39 is 53.4 Å². The fourth-order valence-corrected chi connectivity index (χ4v) is 4.63. The van der Waals surface area contributed by atoms with E-state index in [-0.39, 0.29) is 31.2 Å². The molecule has 2 heterocycles. The third-order valence-electron chi connectivity index (χ3n) is 6.47. The molecule has 4 amide bonds. The van der Waals surface area contributed by atoms with Crippen molar-refractivity contribution in [1.29, 1.82) is 5.26 Å². The van der Waals surface area contributed by atoms with Crippen LogP contribution in [-0.2, 0) is 19.2 Å². The van der Waals surface area contributed by atoms with E-state index in [1.807, 2.05) is 13.0 Å². The topological polar surface area (TPSA) is 131 Å². The molecule has 0 aromatic carbocycles. The highest BCUT2D eigenvalue weighted by atomic mass is 19.4. The van der Waals surface area contributed by atoms with E-state index in [1.54, 1.807) is 5.32 Å². The fraction of sp³-hybridized carbons (Fsp3) is 0.783. The summed E-state index contributed by atoms with van der Waals surface area (Å²) in [7, 11) is 0. The standard InChI is InChI=1S/C23H34F3N5O4/c1-5-6-13-9-16(19(33)29-15(11-27)10-14-7-8-28-18(14)32)31(12-13)20(34)17(22(2,3)4)30-21(35)23(24,25)26/h13-17H,5-10,12H2,1-4H3,(H,28,32)(H,29,33)(H,30,35)/t13-,14-,15-,16-,17+/m0/s1. The van der Waals surface area contributed by atoms with Crippen molar-refractivity contribution in [2.24, 2.45) is 17.3 Å². The van der Waals surface area contributed by atoms with Crippen molar-refractivity contribution < 1.29 is 32.3 Å². The van der Waals surface area contributed by atoms with Gasteiger partial charge in [0.1, 0.15) is 18.1 Å². The minimum absolute atomic E-state index is 0.0558. The molecule has 2 saturated heterocycles. The van der Waals surface area contributed by atoms with Crippen LogP contribution in [-0.4, -0.2) is 65.9 Å². The summed E-state index contributed by atoms with van der Waals surface area (Å²) in [5.74, 6) is -4.25. The van der Waals surface area contributed by atoms with Crippen molar-refractivity contribution >= 4 is 23.6 Å². The van der Waals surface area contributed by atoms with Crippen molar-refractivity contribution in [3.63, 3.8) is 0 Å². The highest BCUT2D eigenvalue weighted by Crippen LogP contribution is 2.31. The van der Waals surface area contributed by atoms with Crippen LogP contribution in [0.4, 0.5) is 13.2 Å². The van der Waals surface area contributed by atoms with E-state index >= 15 is 0 Å². The van der Waals surface area contributed by atoms with Gasteiger partial charge < -0.3 is 20.9 Å². The summed E-state index contributed by atoms with van der Waals surface area (Å²) in [5, 5.41) is 16.6. The van der Waals surface area contributed by atoms with Gasteiger partial charge in [-0.05, 0) is 37.0 Å². The van der Waals surface area contributed by atoms with Crippen LogP contribution in [0.15, 0.2) is 0 Å². The predicted molar refractivity (Wildman–Crippen MR) is 119 cm³/mol. The molecule has 2 aliphatic rings. The van der Waals surface area contributed by atoms with E-state index in [1.165, 1.54) is 25.7 Å². The number of carbonyl (C=O) groups excluding carboxylic acids is 4. The zero-order valence-electron chi connectivity index (χ0n) is 20.5. The van der Waals surface area contributed by atoms with Gasteiger partial charge in [-0.3, -0.25) is 19.2 Å². The Morgan fingerprint density at radius 2 is 1.89 bits per heavy atom. The zero-order valence-corrected chi connectivity index (χ0v) is 20.5.